The number of hydrogen-bond donors (Lipinski definition) is 3. The molecule has 162 valence electrons. The van der Waals surface area contributed by atoms with Gasteiger partial charge in [0.05, 0.1) is 17.5 Å². The lowest BCUT2D eigenvalue weighted by atomic mass is 10.0. The second-order valence-electron chi connectivity index (χ2n) is 7.31. The minimum Gasteiger partial charge on any atom is -0.368 e. The van der Waals surface area contributed by atoms with E-state index in [9.17, 15) is 4.79 Å². The van der Waals surface area contributed by atoms with Crippen LogP contribution in [0.2, 0.25) is 0 Å². The molecule has 0 spiro atoms. The van der Waals surface area contributed by atoms with E-state index in [1.807, 2.05) is 49.4 Å². The number of thioether (sulfide) groups is 1. The van der Waals surface area contributed by atoms with Crippen LogP contribution in [0.5, 0.6) is 0 Å². The number of amides is 1. The minimum atomic E-state index is -0.0813. The zero-order valence-corrected chi connectivity index (χ0v) is 18.5. The van der Waals surface area contributed by atoms with Gasteiger partial charge >= 0.3 is 0 Å². The summed E-state index contributed by atoms with van der Waals surface area (Å²) >= 11 is 1.43. The first kappa shape index (κ1) is 21.6. The van der Waals surface area contributed by atoms with Gasteiger partial charge in [-0.15, -0.1) is 11.8 Å². The highest BCUT2D eigenvalue weighted by atomic mass is 32.2. The fraction of sp³-hybridized carbons (Fsp3) is 0.167. The summed E-state index contributed by atoms with van der Waals surface area (Å²) in [6.07, 6.45) is 0. The van der Waals surface area contributed by atoms with E-state index in [4.69, 9.17) is 5.73 Å². The molecule has 0 fully saturated rings. The van der Waals surface area contributed by atoms with E-state index in [0.29, 0.717) is 23.3 Å². The Balaban J connectivity index is 1.30. The molecule has 1 atom stereocenters. The predicted molar refractivity (Wildman–Crippen MR) is 131 cm³/mol. The quantitative estimate of drug-likeness (QED) is 0.368. The monoisotopic (exact) mass is 444 g/mol. The number of fused-ring (bicyclic) bond motifs is 1. The summed E-state index contributed by atoms with van der Waals surface area (Å²) in [5, 5.41) is 8.51. The molecule has 1 aromatic heterocycles. The molecular weight excluding hydrogens is 420 g/mol. The van der Waals surface area contributed by atoms with Gasteiger partial charge in [-0.3, -0.25) is 4.79 Å². The van der Waals surface area contributed by atoms with Gasteiger partial charge in [0.15, 0.2) is 0 Å². The average Bonchev–Trinajstić information content (AvgIpc) is 2.79. The Morgan fingerprint density at radius 2 is 1.72 bits per heavy atom. The zero-order valence-electron chi connectivity index (χ0n) is 17.7. The molecule has 0 saturated carbocycles. The van der Waals surface area contributed by atoms with E-state index in [1.54, 1.807) is 0 Å². The van der Waals surface area contributed by atoms with Crippen LogP contribution in [0.3, 0.4) is 0 Å². The van der Waals surface area contributed by atoms with Crippen LogP contribution >= 0.6 is 11.8 Å². The average molecular weight is 445 g/mol. The fourth-order valence-corrected chi connectivity index (χ4v) is 3.97. The maximum atomic E-state index is 12.4. The molecule has 1 amide bonds. The van der Waals surface area contributed by atoms with Crippen molar-refractivity contribution in [1.29, 1.82) is 0 Å². The van der Waals surface area contributed by atoms with Gasteiger partial charge in [0.25, 0.3) is 0 Å². The van der Waals surface area contributed by atoms with Crippen molar-refractivity contribution in [3.63, 3.8) is 0 Å². The topological polar surface area (TPSA) is 106 Å². The number of carbonyl (C=O) groups is 1. The smallest absolute Gasteiger partial charge is 0.232 e. The Kier molecular flexibility index (Phi) is 6.81. The van der Waals surface area contributed by atoms with Crippen molar-refractivity contribution in [2.45, 2.75) is 18.7 Å². The second kappa shape index (κ2) is 10.1. The molecule has 0 radical (unpaired) electrons. The third kappa shape index (κ3) is 5.73. The number of benzene rings is 3. The van der Waals surface area contributed by atoms with Crippen LogP contribution < -0.4 is 16.4 Å². The molecule has 3 aromatic carbocycles. The highest BCUT2D eigenvalue weighted by molar-refractivity contribution is 7.99. The molecule has 1 unspecified atom stereocenters. The minimum absolute atomic E-state index is 0.0414. The fourth-order valence-electron chi connectivity index (χ4n) is 3.29. The number of nitrogens with two attached hydrogens (primary N) is 1. The largest absolute Gasteiger partial charge is 0.368 e. The molecule has 32 heavy (non-hydrogen) atoms. The molecule has 8 heteroatoms. The first-order valence-corrected chi connectivity index (χ1v) is 11.4. The summed E-state index contributed by atoms with van der Waals surface area (Å²) in [5.41, 5.74) is 7.76. The number of anilines is 3. The molecule has 0 aliphatic carbocycles. The molecule has 4 N–H and O–H groups in total. The Morgan fingerprint density at radius 1 is 0.969 bits per heavy atom. The van der Waals surface area contributed by atoms with Gasteiger partial charge in [0.1, 0.15) is 5.82 Å². The van der Waals surface area contributed by atoms with E-state index in [1.165, 1.54) is 17.1 Å². The highest BCUT2D eigenvalue weighted by Gasteiger charge is 2.11. The molecule has 7 nitrogen and oxygen atoms in total. The Hall–Kier alpha value is -3.65. The summed E-state index contributed by atoms with van der Waals surface area (Å²) in [6, 6.07) is 23.9. The first-order valence-electron chi connectivity index (χ1n) is 10.2. The molecule has 4 aromatic rings. The summed E-state index contributed by atoms with van der Waals surface area (Å²) in [7, 11) is 0. The number of aromatic nitrogens is 3. The highest BCUT2D eigenvalue weighted by Crippen LogP contribution is 2.21. The number of para-hydroxylation sites is 1. The third-order valence-electron chi connectivity index (χ3n) is 4.84. The van der Waals surface area contributed by atoms with Crippen LogP contribution in [-0.2, 0) is 10.5 Å². The molecule has 0 aliphatic rings. The van der Waals surface area contributed by atoms with Gasteiger partial charge < -0.3 is 16.4 Å². The lowest BCUT2D eigenvalue weighted by Crippen LogP contribution is -2.28. The molecule has 0 aliphatic heterocycles. The molecular formula is C24H24N6OS. The van der Waals surface area contributed by atoms with E-state index in [0.717, 1.165) is 16.6 Å². The van der Waals surface area contributed by atoms with Crippen molar-refractivity contribution in [2.75, 3.05) is 16.8 Å². The second-order valence-corrected chi connectivity index (χ2v) is 8.30. The Bertz CT molecular complexity index is 1220. The first-order chi connectivity index (χ1) is 15.6. The van der Waals surface area contributed by atoms with Crippen LogP contribution in [0, 0.1) is 0 Å². The Morgan fingerprint density at radius 3 is 2.53 bits per heavy atom. The summed E-state index contributed by atoms with van der Waals surface area (Å²) in [5.74, 6) is 1.76. The number of nitrogens with one attached hydrogen (secondary N) is 2. The zero-order chi connectivity index (χ0) is 22.3. The van der Waals surface area contributed by atoms with Crippen molar-refractivity contribution in [3.8, 4) is 0 Å². The van der Waals surface area contributed by atoms with Crippen LogP contribution in [0.4, 0.5) is 17.6 Å². The van der Waals surface area contributed by atoms with Gasteiger partial charge in [0, 0.05) is 5.69 Å². The number of rotatable bonds is 8. The molecule has 0 bridgehead atoms. The summed E-state index contributed by atoms with van der Waals surface area (Å²) in [4.78, 5) is 25.1. The molecule has 0 saturated heterocycles. The van der Waals surface area contributed by atoms with Crippen molar-refractivity contribution in [1.82, 2.24) is 20.3 Å². The van der Waals surface area contributed by atoms with Gasteiger partial charge in [-0.25, -0.2) is 0 Å². The van der Waals surface area contributed by atoms with Crippen LogP contribution in [0.25, 0.3) is 10.8 Å². The predicted octanol–water partition coefficient (Wildman–Crippen LogP) is 4.46. The van der Waals surface area contributed by atoms with Crippen LogP contribution in [-0.4, -0.2) is 26.6 Å². The summed E-state index contributed by atoms with van der Waals surface area (Å²) < 4.78 is 0. The number of nitrogens with zero attached hydrogens (tertiary/aromatic N) is 3. The van der Waals surface area contributed by atoms with E-state index < -0.39 is 0 Å². The van der Waals surface area contributed by atoms with Crippen LogP contribution in [0.1, 0.15) is 24.4 Å². The standard InChI is InChI=1S/C24H24N6OS/c1-16(18-12-11-17-7-5-6-8-19(17)13-18)26-22(31)15-32-14-21-28-23(25)30-24(29-21)27-20-9-3-2-4-10-20/h2-13,16H,14-15H2,1H3,(H,26,31)(H3,25,27,28,29,30). The molecule has 1 heterocycles. The van der Waals surface area contributed by atoms with Crippen molar-refractivity contribution >= 4 is 46.0 Å². The maximum absolute atomic E-state index is 12.4. The normalized spacial score (nSPS) is 11.8. The SMILES string of the molecule is CC(NC(=O)CSCc1nc(N)nc(Nc2ccccc2)n1)c1ccc2ccccc2c1. The summed E-state index contributed by atoms with van der Waals surface area (Å²) in [6.45, 7) is 1.99. The lowest BCUT2D eigenvalue weighted by molar-refractivity contribution is -0.119. The van der Waals surface area contributed by atoms with E-state index in [2.05, 4.69) is 55.9 Å². The van der Waals surface area contributed by atoms with Crippen LogP contribution in [0.15, 0.2) is 72.8 Å². The third-order valence-corrected chi connectivity index (χ3v) is 5.77. The van der Waals surface area contributed by atoms with Gasteiger partial charge in [-0.2, -0.15) is 15.0 Å². The van der Waals surface area contributed by atoms with Crippen molar-refractivity contribution in [3.05, 3.63) is 84.2 Å². The lowest BCUT2D eigenvalue weighted by Gasteiger charge is -2.15. The van der Waals surface area contributed by atoms with Gasteiger partial charge in [-0.05, 0) is 41.5 Å². The van der Waals surface area contributed by atoms with Crippen molar-refractivity contribution in [2.24, 2.45) is 0 Å². The molecule has 4 rings (SSSR count). The van der Waals surface area contributed by atoms with E-state index >= 15 is 0 Å². The Labute approximate surface area is 190 Å². The number of nitrogen functional groups attached to an aromatic ring is 1. The van der Waals surface area contributed by atoms with E-state index in [-0.39, 0.29) is 17.9 Å². The van der Waals surface area contributed by atoms with Gasteiger partial charge in [0.2, 0.25) is 17.8 Å². The number of carbonyl (C=O) groups excluding carboxylic acids is 1. The number of hydrogen-bond acceptors (Lipinski definition) is 7. The van der Waals surface area contributed by atoms with Gasteiger partial charge in [-0.1, -0.05) is 54.6 Å². The van der Waals surface area contributed by atoms with Crippen molar-refractivity contribution < 1.29 is 4.79 Å². The maximum Gasteiger partial charge on any atom is 0.232 e.